The first-order valence-corrected chi connectivity index (χ1v) is 8.12. The van der Waals surface area contributed by atoms with E-state index in [-0.39, 0.29) is 10.6 Å². The number of benzene rings is 2. The molecule has 126 valence electrons. The van der Waals surface area contributed by atoms with Crippen LogP contribution in [0.2, 0.25) is 5.02 Å². The van der Waals surface area contributed by atoms with Gasteiger partial charge in [0.1, 0.15) is 5.82 Å². The standard InChI is InChI=1S/C18H18ClFN2O2/c19-13-6-7-15(20)14(10-13)17(24)22-18(8-9-21-11-16(18)23)12-4-2-1-3-5-12/h1-7,10,16,21,23H,8-9,11H2,(H,22,24)/t16-,18+/m1/s1. The van der Waals surface area contributed by atoms with Gasteiger partial charge < -0.3 is 15.7 Å². The topological polar surface area (TPSA) is 61.4 Å². The first-order chi connectivity index (χ1) is 11.5. The van der Waals surface area contributed by atoms with Gasteiger partial charge in [-0.1, -0.05) is 41.9 Å². The lowest BCUT2D eigenvalue weighted by molar-refractivity contribution is 0.0288. The molecule has 1 aliphatic rings. The maximum atomic E-state index is 14.0. The van der Waals surface area contributed by atoms with Crippen LogP contribution >= 0.6 is 11.6 Å². The van der Waals surface area contributed by atoms with Gasteiger partial charge in [-0.15, -0.1) is 0 Å². The lowest BCUT2D eigenvalue weighted by atomic mass is 9.79. The molecule has 1 fully saturated rings. The van der Waals surface area contributed by atoms with Crippen molar-refractivity contribution in [1.82, 2.24) is 10.6 Å². The quantitative estimate of drug-likeness (QED) is 0.798. The van der Waals surface area contributed by atoms with Gasteiger partial charge >= 0.3 is 0 Å². The summed E-state index contributed by atoms with van der Waals surface area (Å²) in [7, 11) is 0. The van der Waals surface area contributed by atoms with Crippen LogP contribution in [0.5, 0.6) is 0 Å². The molecule has 0 bridgehead atoms. The number of hydrogen-bond acceptors (Lipinski definition) is 3. The molecule has 3 N–H and O–H groups in total. The number of carbonyl (C=O) groups excluding carboxylic acids is 1. The Morgan fingerprint density at radius 3 is 2.75 bits per heavy atom. The summed E-state index contributed by atoms with van der Waals surface area (Å²) in [6, 6.07) is 13.1. The maximum Gasteiger partial charge on any atom is 0.255 e. The van der Waals surface area contributed by atoms with E-state index in [1.165, 1.54) is 12.1 Å². The van der Waals surface area contributed by atoms with E-state index in [4.69, 9.17) is 11.6 Å². The van der Waals surface area contributed by atoms with E-state index in [9.17, 15) is 14.3 Å². The van der Waals surface area contributed by atoms with Crippen LogP contribution in [0, 0.1) is 5.82 Å². The molecule has 3 rings (SSSR count). The number of rotatable bonds is 3. The van der Waals surface area contributed by atoms with Crippen molar-refractivity contribution in [3.05, 3.63) is 70.5 Å². The van der Waals surface area contributed by atoms with E-state index >= 15 is 0 Å². The van der Waals surface area contributed by atoms with E-state index in [1.54, 1.807) is 0 Å². The molecule has 0 aliphatic carbocycles. The molecule has 0 spiro atoms. The molecule has 2 aromatic carbocycles. The van der Waals surface area contributed by atoms with E-state index in [2.05, 4.69) is 10.6 Å². The number of carbonyl (C=O) groups is 1. The van der Waals surface area contributed by atoms with Gasteiger partial charge in [-0.25, -0.2) is 4.39 Å². The molecular weight excluding hydrogens is 331 g/mol. The maximum absolute atomic E-state index is 14.0. The monoisotopic (exact) mass is 348 g/mol. The van der Waals surface area contributed by atoms with Crippen molar-refractivity contribution in [2.24, 2.45) is 0 Å². The Hall–Kier alpha value is -1.95. The molecule has 0 saturated carbocycles. The van der Waals surface area contributed by atoms with Crippen LogP contribution in [0.15, 0.2) is 48.5 Å². The Balaban J connectivity index is 1.98. The highest BCUT2D eigenvalue weighted by atomic mass is 35.5. The van der Waals surface area contributed by atoms with Gasteiger partial charge in [-0.3, -0.25) is 4.79 Å². The predicted molar refractivity (Wildman–Crippen MR) is 90.5 cm³/mol. The zero-order chi connectivity index (χ0) is 17.2. The average molecular weight is 349 g/mol. The first kappa shape index (κ1) is 16.9. The van der Waals surface area contributed by atoms with Crippen LogP contribution in [-0.2, 0) is 5.54 Å². The lowest BCUT2D eigenvalue weighted by Crippen LogP contribution is -2.61. The summed E-state index contributed by atoms with van der Waals surface area (Å²) in [6.07, 6.45) is -0.341. The molecule has 2 atom stereocenters. The summed E-state index contributed by atoms with van der Waals surface area (Å²) < 4.78 is 14.0. The second-order valence-electron chi connectivity index (χ2n) is 5.89. The fraction of sp³-hybridized carbons (Fsp3) is 0.278. The van der Waals surface area contributed by atoms with Gasteiger partial charge in [0.05, 0.1) is 17.2 Å². The van der Waals surface area contributed by atoms with Gasteiger partial charge in [0.2, 0.25) is 0 Å². The van der Waals surface area contributed by atoms with E-state index in [0.29, 0.717) is 19.5 Å². The Bertz CT molecular complexity index is 741. The van der Waals surface area contributed by atoms with Gasteiger partial charge in [-0.05, 0) is 36.7 Å². The second-order valence-corrected chi connectivity index (χ2v) is 6.32. The van der Waals surface area contributed by atoms with E-state index < -0.39 is 23.4 Å². The van der Waals surface area contributed by atoms with E-state index in [1.807, 2.05) is 30.3 Å². The third-order valence-corrected chi connectivity index (χ3v) is 4.64. The number of aliphatic hydroxyl groups excluding tert-OH is 1. The minimum absolute atomic E-state index is 0.136. The highest BCUT2D eigenvalue weighted by Crippen LogP contribution is 2.31. The third kappa shape index (κ3) is 3.15. The summed E-state index contributed by atoms with van der Waals surface area (Å²) in [4.78, 5) is 12.7. The summed E-state index contributed by atoms with van der Waals surface area (Å²) in [5.41, 5.74) is -0.323. The fourth-order valence-electron chi connectivity index (χ4n) is 3.10. The predicted octanol–water partition coefficient (Wildman–Crippen LogP) is 2.46. The van der Waals surface area contributed by atoms with Crippen molar-refractivity contribution in [3.8, 4) is 0 Å². The summed E-state index contributed by atoms with van der Waals surface area (Å²) in [5, 5.41) is 16.8. The van der Waals surface area contributed by atoms with E-state index in [0.717, 1.165) is 11.6 Å². The number of β-amino-alcohol motifs (C(OH)–C–C–N with tert-alkyl or cyclic N) is 1. The van der Waals surface area contributed by atoms with Gasteiger partial charge in [-0.2, -0.15) is 0 Å². The molecule has 1 heterocycles. The molecule has 4 nitrogen and oxygen atoms in total. The molecular formula is C18H18ClFN2O2. The molecule has 6 heteroatoms. The number of nitrogens with one attached hydrogen (secondary N) is 2. The highest BCUT2D eigenvalue weighted by molar-refractivity contribution is 6.31. The van der Waals surface area contributed by atoms with Crippen molar-refractivity contribution in [3.63, 3.8) is 0 Å². The van der Waals surface area contributed by atoms with Crippen molar-refractivity contribution in [2.45, 2.75) is 18.1 Å². The summed E-state index contributed by atoms with van der Waals surface area (Å²) in [6.45, 7) is 0.970. The van der Waals surface area contributed by atoms with Crippen molar-refractivity contribution in [1.29, 1.82) is 0 Å². The average Bonchev–Trinajstić information content (AvgIpc) is 2.60. The summed E-state index contributed by atoms with van der Waals surface area (Å²) in [5.74, 6) is -1.25. The van der Waals surface area contributed by atoms with Crippen molar-refractivity contribution < 1.29 is 14.3 Å². The smallest absolute Gasteiger partial charge is 0.255 e. The fourth-order valence-corrected chi connectivity index (χ4v) is 3.27. The minimum Gasteiger partial charge on any atom is -0.389 e. The third-order valence-electron chi connectivity index (χ3n) is 4.40. The molecule has 0 aromatic heterocycles. The highest BCUT2D eigenvalue weighted by Gasteiger charge is 2.43. The molecule has 1 aliphatic heterocycles. The van der Waals surface area contributed by atoms with Crippen LogP contribution in [0.1, 0.15) is 22.3 Å². The number of piperidine rings is 1. The Morgan fingerprint density at radius 2 is 2.04 bits per heavy atom. The Morgan fingerprint density at radius 1 is 1.29 bits per heavy atom. The molecule has 2 aromatic rings. The molecule has 1 amide bonds. The summed E-state index contributed by atoms with van der Waals surface area (Å²) >= 11 is 5.88. The van der Waals surface area contributed by atoms with Gasteiger partial charge in [0, 0.05) is 11.6 Å². The molecule has 0 unspecified atom stereocenters. The van der Waals surface area contributed by atoms with Crippen LogP contribution in [0.25, 0.3) is 0 Å². The van der Waals surface area contributed by atoms with Crippen LogP contribution in [0.3, 0.4) is 0 Å². The number of aliphatic hydroxyl groups is 1. The zero-order valence-corrected chi connectivity index (χ0v) is 13.7. The molecule has 0 radical (unpaired) electrons. The largest absolute Gasteiger partial charge is 0.389 e. The zero-order valence-electron chi connectivity index (χ0n) is 12.9. The number of halogens is 2. The van der Waals surface area contributed by atoms with Crippen LogP contribution < -0.4 is 10.6 Å². The number of amides is 1. The van der Waals surface area contributed by atoms with Crippen molar-refractivity contribution in [2.75, 3.05) is 13.1 Å². The lowest BCUT2D eigenvalue weighted by Gasteiger charge is -2.43. The van der Waals surface area contributed by atoms with Crippen LogP contribution in [-0.4, -0.2) is 30.2 Å². The number of hydrogen-bond donors (Lipinski definition) is 3. The normalized spacial score (nSPS) is 23.7. The molecule has 1 saturated heterocycles. The minimum atomic E-state index is -0.974. The molecule has 24 heavy (non-hydrogen) atoms. The SMILES string of the molecule is O=C(N[C@]1(c2ccccc2)CCNC[C@H]1O)c1cc(Cl)ccc1F. The second kappa shape index (κ2) is 6.89. The van der Waals surface area contributed by atoms with Gasteiger partial charge in [0.15, 0.2) is 0 Å². The van der Waals surface area contributed by atoms with Gasteiger partial charge in [0.25, 0.3) is 5.91 Å². The van der Waals surface area contributed by atoms with Crippen LogP contribution in [0.4, 0.5) is 4.39 Å². The Labute approximate surface area is 144 Å². The Kier molecular flexibility index (Phi) is 4.85. The van der Waals surface area contributed by atoms with Crippen molar-refractivity contribution >= 4 is 17.5 Å². The first-order valence-electron chi connectivity index (χ1n) is 7.75.